The van der Waals surface area contributed by atoms with Gasteiger partial charge >= 0.3 is 0 Å². The molecule has 2 saturated carbocycles. The first-order valence-corrected chi connectivity index (χ1v) is 11.8. The van der Waals surface area contributed by atoms with E-state index in [0.717, 1.165) is 18.3 Å². The molecule has 1 heteroatoms. The van der Waals surface area contributed by atoms with Crippen LogP contribution < -0.4 is 0 Å². The first-order valence-electron chi connectivity index (χ1n) is 11.8. The monoisotopic (exact) mass is 348 g/mol. The van der Waals surface area contributed by atoms with E-state index < -0.39 is 0 Å². The third-order valence-corrected chi connectivity index (χ3v) is 7.19. The van der Waals surface area contributed by atoms with Crippen LogP contribution in [0.4, 0.5) is 0 Å². The lowest BCUT2D eigenvalue weighted by Crippen LogP contribution is -2.20. The molecule has 0 saturated heterocycles. The van der Waals surface area contributed by atoms with Crippen molar-refractivity contribution < 1.29 is 4.79 Å². The second-order valence-corrected chi connectivity index (χ2v) is 9.23. The van der Waals surface area contributed by atoms with Gasteiger partial charge in [0.1, 0.15) is 6.29 Å². The number of hydrogen-bond acceptors (Lipinski definition) is 1. The Bertz CT molecular complexity index is 337. The predicted molar refractivity (Wildman–Crippen MR) is 109 cm³/mol. The molecule has 0 spiro atoms. The SMILES string of the molecule is CCCCC1CCCC(CCCCCCCC2CCCCC2C=O)C1. The number of aldehydes is 1. The Balaban J connectivity index is 1.46. The summed E-state index contributed by atoms with van der Waals surface area (Å²) in [6, 6.07) is 0. The second kappa shape index (κ2) is 12.9. The van der Waals surface area contributed by atoms with Gasteiger partial charge in [-0.25, -0.2) is 0 Å². The van der Waals surface area contributed by atoms with Crippen molar-refractivity contribution in [3.05, 3.63) is 0 Å². The Labute approximate surface area is 157 Å². The zero-order chi connectivity index (χ0) is 17.7. The third-order valence-electron chi connectivity index (χ3n) is 7.19. The molecule has 0 heterocycles. The van der Waals surface area contributed by atoms with Crippen molar-refractivity contribution in [3.63, 3.8) is 0 Å². The third kappa shape index (κ3) is 8.27. The molecule has 0 radical (unpaired) electrons. The fourth-order valence-electron chi connectivity index (χ4n) is 5.56. The molecule has 0 aromatic heterocycles. The van der Waals surface area contributed by atoms with Crippen LogP contribution in [0.3, 0.4) is 0 Å². The maximum absolute atomic E-state index is 11.2. The largest absolute Gasteiger partial charge is 0.303 e. The number of carbonyl (C=O) groups excluding carboxylic acids is 1. The molecule has 0 N–H and O–H groups in total. The van der Waals surface area contributed by atoms with Gasteiger partial charge in [-0.2, -0.15) is 0 Å². The highest BCUT2D eigenvalue weighted by Gasteiger charge is 2.24. The zero-order valence-corrected chi connectivity index (χ0v) is 17.0. The van der Waals surface area contributed by atoms with Gasteiger partial charge in [0, 0.05) is 5.92 Å². The van der Waals surface area contributed by atoms with Crippen LogP contribution in [0, 0.1) is 23.7 Å². The fourth-order valence-corrected chi connectivity index (χ4v) is 5.56. The minimum atomic E-state index is 0.390. The summed E-state index contributed by atoms with van der Waals surface area (Å²) in [5.41, 5.74) is 0. The van der Waals surface area contributed by atoms with Crippen LogP contribution in [-0.2, 0) is 4.79 Å². The summed E-state index contributed by atoms with van der Waals surface area (Å²) in [7, 11) is 0. The van der Waals surface area contributed by atoms with E-state index in [0.29, 0.717) is 11.8 Å². The summed E-state index contributed by atoms with van der Waals surface area (Å²) in [4.78, 5) is 11.2. The van der Waals surface area contributed by atoms with Gasteiger partial charge in [0.25, 0.3) is 0 Å². The van der Waals surface area contributed by atoms with Gasteiger partial charge in [-0.15, -0.1) is 0 Å². The van der Waals surface area contributed by atoms with E-state index in [-0.39, 0.29) is 0 Å². The molecule has 2 fully saturated rings. The lowest BCUT2D eigenvalue weighted by atomic mass is 9.77. The maximum Gasteiger partial charge on any atom is 0.123 e. The van der Waals surface area contributed by atoms with Gasteiger partial charge in [-0.3, -0.25) is 0 Å². The minimum Gasteiger partial charge on any atom is -0.303 e. The molecule has 4 atom stereocenters. The Morgan fingerprint density at radius 1 is 0.720 bits per heavy atom. The smallest absolute Gasteiger partial charge is 0.123 e. The quantitative estimate of drug-likeness (QED) is 0.260. The van der Waals surface area contributed by atoms with Crippen LogP contribution in [0.2, 0.25) is 0 Å². The average Bonchev–Trinajstić information content (AvgIpc) is 2.66. The molecule has 2 aliphatic rings. The van der Waals surface area contributed by atoms with Crippen molar-refractivity contribution in [1.82, 2.24) is 0 Å². The highest BCUT2D eigenvalue weighted by Crippen LogP contribution is 2.35. The van der Waals surface area contributed by atoms with E-state index in [9.17, 15) is 4.79 Å². The summed E-state index contributed by atoms with van der Waals surface area (Å²) < 4.78 is 0. The summed E-state index contributed by atoms with van der Waals surface area (Å²) in [6.45, 7) is 2.33. The standard InChI is InChI=1S/C24H44O/c1-2-3-12-21-14-11-15-22(19-21)13-7-5-4-6-8-16-23-17-9-10-18-24(23)20-25/h20-24H,2-19H2,1H3. The van der Waals surface area contributed by atoms with Crippen molar-refractivity contribution in [2.24, 2.45) is 23.7 Å². The molecular formula is C24H44O. The van der Waals surface area contributed by atoms with Gasteiger partial charge in [0.2, 0.25) is 0 Å². The molecular weight excluding hydrogens is 304 g/mol. The summed E-state index contributed by atoms with van der Waals surface area (Å²) in [5.74, 6) is 3.21. The predicted octanol–water partition coefficient (Wildman–Crippen LogP) is 7.72. The Morgan fingerprint density at radius 3 is 2.08 bits per heavy atom. The van der Waals surface area contributed by atoms with Gasteiger partial charge in [-0.05, 0) is 43.4 Å². The lowest BCUT2D eigenvalue weighted by molar-refractivity contribution is -0.113. The summed E-state index contributed by atoms with van der Waals surface area (Å²) in [6.07, 6.45) is 26.6. The van der Waals surface area contributed by atoms with Gasteiger partial charge in [-0.1, -0.05) is 96.8 Å². The highest BCUT2D eigenvalue weighted by molar-refractivity contribution is 5.54. The highest BCUT2D eigenvalue weighted by atomic mass is 16.1. The second-order valence-electron chi connectivity index (χ2n) is 9.23. The summed E-state index contributed by atoms with van der Waals surface area (Å²) in [5, 5.41) is 0. The molecule has 0 bridgehead atoms. The fraction of sp³-hybridized carbons (Fsp3) is 0.958. The Morgan fingerprint density at radius 2 is 1.36 bits per heavy atom. The van der Waals surface area contributed by atoms with Crippen LogP contribution in [0.1, 0.15) is 122 Å². The van der Waals surface area contributed by atoms with Crippen LogP contribution in [0.25, 0.3) is 0 Å². The average molecular weight is 349 g/mol. The first-order chi connectivity index (χ1) is 12.3. The minimum absolute atomic E-state index is 0.390. The van der Waals surface area contributed by atoms with Crippen molar-refractivity contribution >= 4 is 6.29 Å². The van der Waals surface area contributed by atoms with E-state index in [2.05, 4.69) is 6.92 Å². The van der Waals surface area contributed by atoms with Gasteiger partial charge in [0.05, 0.1) is 0 Å². The molecule has 1 nitrogen and oxygen atoms in total. The van der Waals surface area contributed by atoms with E-state index in [1.165, 1.54) is 115 Å². The van der Waals surface area contributed by atoms with E-state index in [1.807, 2.05) is 0 Å². The van der Waals surface area contributed by atoms with Crippen molar-refractivity contribution in [3.8, 4) is 0 Å². The topological polar surface area (TPSA) is 17.1 Å². The van der Waals surface area contributed by atoms with Gasteiger partial charge in [0.15, 0.2) is 0 Å². The van der Waals surface area contributed by atoms with E-state index in [4.69, 9.17) is 0 Å². The summed E-state index contributed by atoms with van der Waals surface area (Å²) >= 11 is 0. The maximum atomic E-state index is 11.2. The van der Waals surface area contributed by atoms with Crippen molar-refractivity contribution in [2.75, 3.05) is 0 Å². The first kappa shape index (κ1) is 21.0. The van der Waals surface area contributed by atoms with Crippen LogP contribution in [0.15, 0.2) is 0 Å². The molecule has 0 aliphatic heterocycles. The number of hydrogen-bond donors (Lipinski definition) is 0. The zero-order valence-electron chi connectivity index (χ0n) is 17.0. The van der Waals surface area contributed by atoms with Crippen molar-refractivity contribution in [2.45, 2.75) is 122 Å². The molecule has 0 amide bonds. The Hall–Kier alpha value is -0.330. The Kier molecular flexibility index (Phi) is 10.9. The van der Waals surface area contributed by atoms with Crippen molar-refractivity contribution in [1.29, 1.82) is 0 Å². The lowest BCUT2D eigenvalue weighted by Gasteiger charge is -2.29. The molecule has 25 heavy (non-hydrogen) atoms. The number of carbonyl (C=O) groups is 1. The molecule has 146 valence electrons. The van der Waals surface area contributed by atoms with Crippen LogP contribution >= 0.6 is 0 Å². The molecule has 0 aromatic rings. The normalized spacial score (nSPS) is 30.3. The molecule has 0 aromatic carbocycles. The van der Waals surface area contributed by atoms with E-state index >= 15 is 0 Å². The van der Waals surface area contributed by atoms with Crippen LogP contribution in [-0.4, -0.2) is 6.29 Å². The molecule has 4 unspecified atom stereocenters. The van der Waals surface area contributed by atoms with Gasteiger partial charge < -0.3 is 4.79 Å². The van der Waals surface area contributed by atoms with E-state index in [1.54, 1.807) is 0 Å². The molecule has 2 aliphatic carbocycles. The number of unbranched alkanes of at least 4 members (excludes halogenated alkanes) is 5. The number of rotatable bonds is 12. The van der Waals surface area contributed by atoms with Crippen LogP contribution in [0.5, 0.6) is 0 Å². The molecule has 2 rings (SSSR count).